The van der Waals surface area contributed by atoms with Gasteiger partial charge in [0.15, 0.2) is 0 Å². The molecule has 0 aromatic carbocycles. The summed E-state index contributed by atoms with van der Waals surface area (Å²) in [6.45, 7) is 8.25. The van der Waals surface area contributed by atoms with Gasteiger partial charge in [0.1, 0.15) is 0 Å². The molecule has 1 aromatic rings. The topological polar surface area (TPSA) is 34.2 Å². The Labute approximate surface area is 109 Å². The molecule has 0 aliphatic rings. The van der Waals surface area contributed by atoms with Crippen LogP contribution in [-0.4, -0.2) is 30.3 Å². The zero-order valence-corrected chi connectivity index (χ0v) is 11.9. The van der Waals surface area contributed by atoms with E-state index in [9.17, 15) is 0 Å². The van der Waals surface area contributed by atoms with Crippen molar-refractivity contribution in [2.45, 2.75) is 52.2 Å². The summed E-state index contributed by atoms with van der Waals surface area (Å²) in [5, 5.41) is 6.81. The molecular formula is C13H24N2OS. The van der Waals surface area contributed by atoms with E-state index in [4.69, 9.17) is 4.74 Å². The van der Waals surface area contributed by atoms with E-state index in [1.165, 1.54) is 5.01 Å². The molecule has 0 aliphatic heterocycles. The summed E-state index contributed by atoms with van der Waals surface area (Å²) in [5.41, 5.74) is 0. The highest BCUT2D eigenvalue weighted by atomic mass is 32.1. The number of thiazole rings is 1. The lowest BCUT2D eigenvalue weighted by molar-refractivity contribution is 0.0319. The van der Waals surface area contributed by atoms with Crippen molar-refractivity contribution < 1.29 is 4.74 Å². The summed E-state index contributed by atoms with van der Waals surface area (Å²) in [5.74, 6) is 0. The summed E-state index contributed by atoms with van der Waals surface area (Å²) in [7, 11) is 0. The molecule has 0 spiro atoms. The number of hydrogen-bond acceptors (Lipinski definition) is 4. The molecule has 3 nitrogen and oxygen atoms in total. The van der Waals surface area contributed by atoms with Crippen molar-refractivity contribution in [1.82, 2.24) is 10.3 Å². The maximum atomic E-state index is 5.81. The second-order valence-electron chi connectivity index (χ2n) is 4.09. The molecule has 2 unspecified atom stereocenters. The predicted octanol–water partition coefficient (Wildman–Crippen LogP) is 2.87. The largest absolute Gasteiger partial charge is 0.377 e. The molecular weight excluding hydrogens is 232 g/mol. The zero-order valence-electron chi connectivity index (χ0n) is 11.1. The molecule has 1 rings (SSSR count). The van der Waals surface area contributed by atoms with Crippen molar-refractivity contribution in [1.29, 1.82) is 0 Å². The van der Waals surface area contributed by atoms with Gasteiger partial charge in [0.05, 0.1) is 11.1 Å². The van der Waals surface area contributed by atoms with Crippen molar-refractivity contribution in [3.8, 4) is 0 Å². The number of nitrogens with one attached hydrogen (secondary N) is 1. The van der Waals surface area contributed by atoms with E-state index in [1.54, 1.807) is 11.3 Å². The van der Waals surface area contributed by atoms with Crippen LogP contribution in [0.15, 0.2) is 11.6 Å². The third kappa shape index (κ3) is 5.15. The molecule has 0 amide bonds. The van der Waals surface area contributed by atoms with Gasteiger partial charge in [0.25, 0.3) is 0 Å². The van der Waals surface area contributed by atoms with E-state index in [-0.39, 0.29) is 6.10 Å². The van der Waals surface area contributed by atoms with Gasteiger partial charge >= 0.3 is 0 Å². The molecule has 0 saturated heterocycles. The van der Waals surface area contributed by atoms with Crippen LogP contribution >= 0.6 is 11.3 Å². The van der Waals surface area contributed by atoms with Crippen LogP contribution in [-0.2, 0) is 11.2 Å². The molecule has 1 heterocycles. The van der Waals surface area contributed by atoms with Gasteiger partial charge in [0, 0.05) is 30.6 Å². The van der Waals surface area contributed by atoms with Crippen LogP contribution in [0.1, 0.15) is 38.6 Å². The quantitative estimate of drug-likeness (QED) is 0.737. The molecule has 0 aliphatic carbocycles. The van der Waals surface area contributed by atoms with Crippen LogP contribution < -0.4 is 5.32 Å². The first kappa shape index (κ1) is 14.6. The fraction of sp³-hybridized carbons (Fsp3) is 0.769. The smallest absolute Gasteiger partial charge is 0.0941 e. The average Bonchev–Trinajstić information content (AvgIpc) is 2.84. The van der Waals surface area contributed by atoms with Gasteiger partial charge in [-0.05, 0) is 26.3 Å². The SMILES string of the molecule is CCCNC(Cc1nccs1)C(CC)OCC. The third-order valence-electron chi connectivity index (χ3n) is 2.77. The van der Waals surface area contributed by atoms with Gasteiger partial charge in [-0.3, -0.25) is 0 Å². The Morgan fingerprint density at radius 3 is 2.76 bits per heavy atom. The van der Waals surface area contributed by atoms with Crippen LogP contribution in [0, 0.1) is 0 Å². The zero-order chi connectivity index (χ0) is 12.5. The average molecular weight is 256 g/mol. The van der Waals surface area contributed by atoms with E-state index in [0.717, 1.165) is 32.4 Å². The molecule has 1 aromatic heterocycles. The Bertz CT molecular complexity index is 277. The third-order valence-corrected chi connectivity index (χ3v) is 3.57. The molecule has 0 bridgehead atoms. The van der Waals surface area contributed by atoms with Crippen molar-refractivity contribution in [2.75, 3.05) is 13.2 Å². The van der Waals surface area contributed by atoms with Crippen LogP contribution in [0.5, 0.6) is 0 Å². The highest BCUT2D eigenvalue weighted by Gasteiger charge is 2.20. The maximum Gasteiger partial charge on any atom is 0.0941 e. The molecule has 2 atom stereocenters. The summed E-state index contributed by atoms with van der Waals surface area (Å²) >= 11 is 1.72. The second-order valence-corrected chi connectivity index (χ2v) is 5.07. The molecule has 98 valence electrons. The van der Waals surface area contributed by atoms with Gasteiger partial charge in [-0.15, -0.1) is 11.3 Å². The number of aromatic nitrogens is 1. The summed E-state index contributed by atoms with van der Waals surface area (Å²) in [6, 6.07) is 0.381. The second kappa shape index (κ2) is 8.61. The van der Waals surface area contributed by atoms with Gasteiger partial charge in [-0.2, -0.15) is 0 Å². The molecule has 4 heteroatoms. The van der Waals surface area contributed by atoms with E-state index < -0.39 is 0 Å². The Morgan fingerprint density at radius 1 is 1.41 bits per heavy atom. The Morgan fingerprint density at radius 2 is 2.24 bits per heavy atom. The van der Waals surface area contributed by atoms with Crippen molar-refractivity contribution in [2.24, 2.45) is 0 Å². The Kier molecular flexibility index (Phi) is 7.40. The minimum absolute atomic E-state index is 0.287. The summed E-state index contributed by atoms with van der Waals surface area (Å²) in [4.78, 5) is 4.36. The molecule has 0 fully saturated rings. The first-order valence-corrected chi connectivity index (χ1v) is 7.43. The first-order valence-electron chi connectivity index (χ1n) is 6.55. The van der Waals surface area contributed by atoms with Crippen molar-refractivity contribution in [3.63, 3.8) is 0 Å². The lowest BCUT2D eigenvalue weighted by atomic mass is 10.1. The van der Waals surface area contributed by atoms with Crippen molar-refractivity contribution >= 4 is 11.3 Å². The number of hydrogen-bond donors (Lipinski definition) is 1. The lowest BCUT2D eigenvalue weighted by Crippen LogP contribution is -2.43. The van der Waals surface area contributed by atoms with Crippen LogP contribution in [0.2, 0.25) is 0 Å². The fourth-order valence-corrected chi connectivity index (χ4v) is 2.62. The minimum Gasteiger partial charge on any atom is -0.377 e. The molecule has 1 N–H and O–H groups in total. The van der Waals surface area contributed by atoms with E-state index in [2.05, 4.69) is 31.1 Å². The van der Waals surface area contributed by atoms with Crippen molar-refractivity contribution in [3.05, 3.63) is 16.6 Å². The van der Waals surface area contributed by atoms with Crippen LogP contribution in [0.3, 0.4) is 0 Å². The lowest BCUT2D eigenvalue weighted by Gasteiger charge is -2.26. The molecule has 0 radical (unpaired) electrons. The Hall–Kier alpha value is -0.450. The maximum absolute atomic E-state index is 5.81. The number of rotatable bonds is 9. The van der Waals surface area contributed by atoms with Gasteiger partial charge in [-0.25, -0.2) is 4.98 Å². The standard InChI is InChI=1S/C13H24N2OS/c1-4-7-14-11(12(5-2)16-6-3)10-13-15-8-9-17-13/h8-9,11-12,14H,4-7,10H2,1-3H3. The fourth-order valence-electron chi connectivity index (χ4n) is 1.94. The minimum atomic E-state index is 0.287. The van der Waals surface area contributed by atoms with E-state index in [1.807, 2.05) is 11.6 Å². The van der Waals surface area contributed by atoms with Crippen LogP contribution in [0.25, 0.3) is 0 Å². The Balaban J connectivity index is 2.57. The highest BCUT2D eigenvalue weighted by Crippen LogP contribution is 2.13. The van der Waals surface area contributed by atoms with E-state index >= 15 is 0 Å². The van der Waals surface area contributed by atoms with E-state index in [0.29, 0.717) is 6.04 Å². The summed E-state index contributed by atoms with van der Waals surface area (Å²) in [6.07, 6.45) is 5.32. The molecule has 17 heavy (non-hydrogen) atoms. The number of nitrogens with zero attached hydrogens (tertiary/aromatic N) is 1. The van der Waals surface area contributed by atoms with Gasteiger partial charge in [-0.1, -0.05) is 13.8 Å². The predicted molar refractivity (Wildman–Crippen MR) is 73.6 cm³/mol. The first-order chi connectivity index (χ1) is 8.31. The number of ether oxygens (including phenoxy) is 1. The van der Waals surface area contributed by atoms with Gasteiger partial charge < -0.3 is 10.1 Å². The monoisotopic (exact) mass is 256 g/mol. The normalized spacial score (nSPS) is 14.8. The van der Waals surface area contributed by atoms with Crippen LogP contribution in [0.4, 0.5) is 0 Å². The van der Waals surface area contributed by atoms with Gasteiger partial charge in [0.2, 0.25) is 0 Å². The summed E-state index contributed by atoms with van der Waals surface area (Å²) < 4.78 is 5.81. The highest BCUT2D eigenvalue weighted by molar-refractivity contribution is 7.09. The molecule has 0 saturated carbocycles.